The van der Waals surface area contributed by atoms with Crippen LogP contribution < -0.4 is 31.1 Å². The first-order valence-electron chi connectivity index (χ1n) is 14.4. The molecule has 5 rings (SSSR count). The van der Waals surface area contributed by atoms with Crippen LogP contribution in [0.5, 0.6) is 5.75 Å². The Kier molecular flexibility index (Phi) is 8.43. The average Bonchev–Trinajstić information content (AvgIpc) is 3.33. The average molecular weight is 617 g/mol. The number of hydrogen-bond donors (Lipinski definition) is 2. The minimum absolute atomic E-state index is 0.0171. The molecule has 0 unspecified atom stereocenters. The normalized spacial score (nSPS) is 20.5. The Balaban J connectivity index is 1.67. The van der Waals surface area contributed by atoms with E-state index in [4.69, 9.17) is 13.9 Å². The second-order valence-electron chi connectivity index (χ2n) is 12.2. The summed E-state index contributed by atoms with van der Waals surface area (Å²) in [5.41, 5.74) is -2.63. The molecule has 3 heterocycles. The monoisotopic (exact) mass is 616 g/mol. The van der Waals surface area contributed by atoms with E-state index >= 15 is 0 Å². The van der Waals surface area contributed by atoms with E-state index in [0.717, 1.165) is 10.4 Å². The van der Waals surface area contributed by atoms with Gasteiger partial charge in [0.15, 0.2) is 6.20 Å². The molecule has 0 aliphatic carbocycles. The topological polar surface area (TPSA) is 130 Å². The highest BCUT2D eigenvalue weighted by molar-refractivity contribution is 6.99. The first-order valence-corrected chi connectivity index (χ1v) is 16.3. The number of ether oxygens (including phenoxy) is 2. The molecule has 0 bridgehead atoms. The van der Waals surface area contributed by atoms with Gasteiger partial charge in [0.1, 0.15) is 23.7 Å². The predicted octanol–water partition coefficient (Wildman–Crippen LogP) is 2.42. The van der Waals surface area contributed by atoms with Gasteiger partial charge in [0.25, 0.3) is 13.9 Å². The summed E-state index contributed by atoms with van der Waals surface area (Å²) < 4.78 is 21.0. The van der Waals surface area contributed by atoms with Crippen LogP contribution >= 0.6 is 0 Å². The van der Waals surface area contributed by atoms with Crippen molar-refractivity contribution in [1.29, 1.82) is 0 Å². The number of hydrogen-bond acceptors (Lipinski definition) is 7. The Morgan fingerprint density at radius 3 is 2.25 bits per heavy atom. The molecule has 1 radical (unpaired) electrons. The number of nitrogens with zero attached hydrogens (tertiary/aromatic N) is 2. The lowest BCUT2D eigenvalue weighted by Gasteiger charge is -2.44. The third-order valence-corrected chi connectivity index (χ3v) is 13.5. The molecule has 0 spiro atoms. The summed E-state index contributed by atoms with van der Waals surface area (Å²) in [5, 5.41) is 27.0. The zero-order valence-electron chi connectivity index (χ0n) is 25.6. The van der Waals surface area contributed by atoms with Crippen LogP contribution in [0.3, 0.4) is 0 Å². The van der Waals surface area contributed by atoms with Crippen LogP contribution in [-0.2, 0) is 14.8 Å². The van der Waals surface area contributed by atoms with E-state index in [1.807, 2.05) is 36.4 Å². The molecule has 44 heavy (non-hydrogen) atoms. The number of methoxy groups -OCH3 is 1. The summed E-state index contributed by atoms with van der Waals surface area (Å²) in [5.74, 6) is 0.245. The van der Waals surface area contributed by atoms with Crippen LogP contribution in [0, 0.1) is 19.1 Å². The Labute approximate surface area is 257 Å². The molecular weight excluding hydrogens is 578 g/mol. The quantitative estimate of drug-likeness (QED) is 0.177. The molecule has 0 saturated carbocycles. The summed E-state index contributed by atoms with van der Waals surface area (Å²) in [6.45, 7) is 11.9. The number of aliphatic hydroxyl groups is 1. The molecule has 11 heteroatoms. The fourth-order valence-corrected chi connectivity index (χ4v) is 10.9. The number of nitrogens with one attached hydrogen (secondary N) is 1. The SMILES string of the molecule is [CH2]c1c([C@@]2(O)C[C@H](n3cc(C)c(=O)[nH]c3=O)O[C@@H]2CO[Si](c2ccccc2)(c2ccccc2)C(C)(C)C)c(OC)cc[n+]1[O-]. The number of pyridine rings is 1. The van der Waals surface area contributed by atoms with Crippen LogP contribution in [-0.4, -0.2) is 42.8 Å². The van der Waals surface area contributed by atoms with E-state index in [0.29, 0.717) is 10.3 Å². The van der Waals surface area contributed by atoms with Crippen LogP contribution in [0.4, 0.5) is 0 Å². The van der Waals surface area contributed by atoms with E-state index in [-0.39, 0.29) is 35.1 Å². The highest BCUT2D eigenvalue weighted by atomic mass is 28.4. The van der Waals surface area contributed by atoms with Crippen molar-refractivity contribution in [3.8, 4) is 5.75 Å². The van der Waals surface area contributed by atoms with Gasteiger partial charge in [0, 0.05) is 31.2 Å². The van der Waals surface area contributed by atoms with Crippen LogP contribution in [0.2, 0.25) is 5.04 Å². The predicted molar refractivity (Wildman–Crippen MR) is 168 cm³/mol. The minimum Gasteiger partial charge on any atom is -0.618 e. The van der Waals surface area contributed by atoms with Gasteiger partial charge in [-0.15, -0.1) is 0 Å². The Morgan fingerprint density at radius 1 is 1.11 bits per heavy atom. The molecule has 0 amide bonds. The van der Waals surface area contributed by atoms with E-state index in [2.05, 4.69) is 56.9 Å². The fourth-order valence-electron chi connectivity index (χ4n) is 6.31. The van der Waals surface area contributed by atoms with E-state index in [1.165, 1.54) is 30.1 Å². The zero-order chi connectivity index (χ0) is 31.9. The summed E-state index contributed by atoms with van der Waals surface area (Å²) in [4.78, 5) is 27.4. The lowest BCUT2D eigenvalue weighted by atomic mass is 9.85. The van der Waals surface area contributed by atoms with Crippen LogP contribution in [0.25, 0.3) is 0 Å². The van der Waals surface area contributed by atoms with Gasteiger partial charge in [-0.25, -0.2) is 4.79 Å². The minimum atomic E-state index is -3.08. The van der Waals surface area contributed by atoms with Crippen molar-refractivity contribution in [2.45, 2.75) is 57.1 Å². The Hall–Kier alpha value is -4.03. The summed E-state index contributed by atoms with van der Waals surface area (Å²) in [6, 6.07) is 21.5. The highest BCUT2D eigenvalue weighted by Crippen LogP contribution is 2.48. The van der Waals surface area contributed by atoms with Gasteiger partial charge in [-0.05, 0) is 22.3 Å². The molecule has 3 atom stereocenters. The molecule has 2 aromatic heterocycles. The van der Waals surface area contributed by atoms with Gasteiger partial charge in [-0.3, -0.25) is 14.3 Å². The van der Waals surface area contributed by atoms with Gasteiger partial charge < -0.3 is 24.2 Å². The number of H-pyrrole nitrogens is 1. The number of rotatable bonds is 8. The second-order valence-corrected chi connectivity index (χ2v) is 16.5. The molecular formula is C33H38N3O7Si. The van der Waals surface area contributed by atoms with Crippen molar-refractivity contribution in [2.75, 3.05) is 13.7 Å². The molecule has 2 aromatic carbocycles. The number of aromatic amines is 1. The summed E-state index contributed by atoms with van der Waals surface area (Å²) >= 11 is 0. The highest BCUT2D eigenvalue weighted by Gasteiger charge is 2.56. The van der Waals surface area contributed by atoms with E-state index in [1.54, 1.807) is 6.92 Å². The van der Waals surface area contributed by atoms with Crippen LogP contribution in [0.15, 0.2) is 88.7 Å². The van der Waals surface area contributed by atoms with Crippen molar-refractivity contribution in [2.24, 2.45) is 0 Å². The van der Waals surface area contributed by atoms with Crippen molar-refractivity contribution in [1.82, 2.24) is 9.55 Å². The molecule has 1 fully saturated rings. The van der Waals surface area contributed by atoms with Gasteiger partial charge in [0.05, 0.1) is 19.3 Å². The van der Waals surface area contributed by atoms with Gasteiger partial charge in [-0.2, -0.15) is 4.73 Å². The van der Waals surface area contributed by atoms with Gasteiger partial charge >= 0.3 is 5.69 Å². The molecule has 1 saturated heterocycles. The third kappa shape index (κ3) is 5.30. The maximum absolute atomic E-state index is 12.9. The Bertz CT molecular complexity index is 1710. The lowest BCUT2D eigenvalue weighted by molar-refractivity contribution is -0.610. The molecule has 10 nitrogen and oxygen atoms in total. The molecule has 4 aromatic rings. The molecule has 1 aliphatic heterocycles. The molecule has 231 valence electrons. The summed E-state index contributed by atoms with van der Waals surface area (Å²) in [7, 11) is -1.64. The van der Waals surface area contributed by atoms with Gasteiger partial charge in [0.2, 0.25) is 5.69 Å². The second kappa shape index (κ2) is 11.8. The first kappa shape index (κ1) is 31.4. The van der Waals surface area contributed by atoms with Crippen molar-refractivity contribution >= 4 is 18.7 Å². The van der Waals surface area contributed by atoms with Crippen molar-refractivity contribution < 1.29 is 23.7 Å². The summed E-state index contributed by atoms with van der Waals surface area (Å²) in [6.07, 6.45) is 0.449. The molecule has 2 N–H and O–H groups in total. The standard InChI is InChI=1S/C33H38N3O7Si/c1-22-20-35(31(38)34-30(22)37)28-19-33(39,29-23(2)36(40)18-17-26(29)41-6)27(43-28)21-42-44(32(3,4)5,24-13-9-7-10-14-24)25-15-11-8-12-16-25/h7-18,20,27-28,39H,2,19,21H2,1,3-6H3,(H,34,37,38)/t27-,28-,33-/m1/s1. The Morgan fingerprint density at radius 2 is 1.70 bits per heavy atom. The van der Waals surface area contributed by atoms with Crippen molar-refractivity contribution in [3.05, 3.63) is 129 Å². The number of benzene rings is 2. The smallest absolute Gasteiger partial charge is 0.330 e. The van der Waals surface area contributed by atoms with Crippen LogP contribution in [0.1, 0.15) is 50.2 Å². The lowest BCUT2D eigenvalue weighted by Crippen LogP contribution is -2.67. The largest absolute Gasteiger partial charge is 0.618 e. The van der Waals surface area contributed by atoms with Gasteiger partial charge in [-0.1, -0.05) is 81.4 Å². The first-order chi connectivity index (χ1) is 20.8. The zero-order valence-corrected chi connectivity index (χ0v) is 26.6. The molecule has 1 aliphatic rings. The van der Waals surface area contributed by atoms with E-state index < -0.39 is 37.5 Å². The maximum atomic E-state index is 12.9. The number of aryl methyl sites for hydroxylation is 1. The maximum Gasteiger partial charge on any atom is 0.330 e. The number of aromatic nitrogens is 3. The van der Waals surface area contributed by atoms with Crippen molar-refractivity contribution in [3.63, 3.8) is 0 Å². The van der Waals surface area contributed by atoms with E-state index in [9.17, 15) is 19.9 Å². The third-order valence-electron chi connectivity index (χ3n) is 8.48. The fraction of sp³-hybridized carbons (Fsp3) is 0.333.